The molecule has 0 aliphatic rings. The molecule has 1 heterocycles. The molecule has 1 aromatic heterocycles. The van der Waals surface area contributed by atoms with Gasteiger partial charge in [-0.3, -0.25) is 4.79 Å². The number of aromatic nitrogens is 2. The zero-order chi connectivity index (χ0) is 13.0. The average Bonchev–Trinajstić information content (AvgIpc) is 2.85. The van der Waals surface area contributed by atoms with Gasteiger partial charge < -0.3 is 9.26 Å². The minimum absolute atomic E-state index is 0.173. The maximum Gasteiger partial charge on any atom is 0.226 e. The van der Waals surface area contributed by atoms with Crippen molar-refractivity contribution in [2.45, 2.75) is 20.0 Å². The first-order valence-corrected chi connectivity index (χ1v) is 6.21. The highest BCUT2D eigenvalue weighted by Crippen LogP contribution is 2.22. The van der Waals surface area contributed by atoms with E-state index >= 15 is 0 Å². The van der Waals surface area contributed by atoms with Gasteiger partial charge in [0.15, 0.2) is 12.9 Å². The highest BCUT2D eigenvalue weighted by Gasteiger charge is 2.08. The SMILES string of the molecule is CCc1nc(COc2ccc(Br)cc2C=O)no1. The van der Waals surface area contributed by atoms with Crippen LogP contribution in [-0.2, 0) is 13.0 Å². The number of carbonyl (C=O) groups is 1. The third kappa shape index (κ3) is 2.95. The van der Waals surface area contributed by atoms with Crippen LogP contribution in [0.3, 0.4) is 0 Å². The summed E-state index contributed by atoms with van der Waals surface area (Å²) in [5.41, 5.74) is 0.476. The van der Waals surface area contributed by atoms with Gasteiger partial charge in [0.25, 0.3) is 0 Å². The van der Waals surface area contributed by atoms with Crippen molar-refractivity contribution in [3.05, 3.63) is 40.0 Å². The van der Waals surface area contributed by atoms with Crippen LogP contribution < -0.4 is 4.74 Å². The third-order valence-electron chi connectivity index (χ3n) is 2.27. The van der Waals surface area contributed by atoms with Crippen LogP contribution in [0.2, 0.25) is 0 Å². The summed E-state index contributed by atoms with van der Waals surface area (Å²) in [6, 6.07) is 5.21. The van der Waals surface area contributed by atoms with Gasteiger partial charge in [0.05, 0.1) is 5.56 Å². The molecule has 6 heteroatoms. The third-order valence-corrected chi connectivity index (χ3v) is 2.76. The summed E-state index contributed by atoms with van der Waals surface area (Å²) in [6.07, 6.45) is 1.43. The lowest BCUT2D eigenvalue weighted by atomic mass is 10.2. The number of benzene rings is 1. The quantitative estimate of drug-likeness (QED) is 0.794. The monoisotopic (exact) mass is 310 g/mol. The summed E-state index contributed by atoms with van der Waals surface area (Å²) >= 11 is 3.29. The average molecular weight is 311 g/mol. The standard InChI is InChI=1S/C12H11BrN2O3/c1-2-12-14-11(15-18-12)7-17-10-4-3-9(13)5-8(10)6-16/h3-6H,2,7H2,1H3. The van der Waals surface area contributed by atoms with Gasteiger partial charge in [-0.05, 0) is 18.2 Å². The Bertz CT molecular complexity index is 554. The maximum absolute atomic E-state index is 10.9. The van der Waals surface area contributed by atoms with Gasteiger partial charge in [0.2, 0.25) is 11.7 Å². The minimum Gasteiger partial charge on any atom is -0.485 e. The van der Waals surface area contributed by atoms with Crippen LogP contribution in [0.5, 0.6) is 5.75 Å². The van der Waals surface area contributed by atoms with Crippen molar-refractivity contribution in [1.29, 1.82) is 0 Å². The van der Waals surface area contributed by atoms with E-state index in [4.69, 9.17) is 9.26 Å². The van der Waals surface area contributed by atoms with Gasteiger partial charge >= 0.3 is 0 Å². The van der Waals surface area contributed by atoms with E-state index in [9.17, 15) is 4.79 Å². The van der Waals surface area contributed by atoms with Gasteiger partial charge in [0, 0.05) is 10.9 Å². The van der Waals surface area contributed by atoms with Crippen LogP contribution in [0, 0.1) is 0 Å². The van der Waals surface area contributed by atoms with Gasteiger partial charge in [0.1, 0.15) is 5.75 Å². The van der Waals surface area contributed by atoms with Crippen LogP contribution in [0.4, 0.5) is 0 Å². The first-order chi connectivity index (χ1) is 8.72. The van der Waals surface area contributed by atoms with E-state index in [1.54, 1.807) is 18.2 Å². The molecule has 0 saturated heterocycles. The lowest BCUT2D eigenvalue weighted by Gasteiger charge is -2.06. The number of hydrogen-bond acceptors (Lipinski definition) is 5. The second-order valence-corrected chi connectivity index (χ2v) is 4.46. The van der Waals surface area contributed by atoms with Crippen LogP contribution in [0.1, 0.15) is 29.0 Å². The van der Waals surface area contributed by atoms with Gasteiger partial charge in [-0.25, -0.2) is 0 Å². The van der Waals surface area contributed by atoms with Crippen molar-refractivity contribution in [3.8, 4) is 5.75 Å². The zero-order valence-electron chi connectivity index (χ0n) is 9.72. The molecule has 0 bridgehead atoms. The lowest BCUT2D eigenvalue weighted by molar-refractivity contribution is 0.111. The maximum atomic E-state index is 10.9. The van der Waals surface area contributed by atoms with Crippen LogP contribution in [0.25, 0.3) is 0 Å². The largest absolute Gasteiger partial charge is 0.485 e. The molecule has 0 amide bonds. The van der Waals surface area contributed by atoms with Crippen molar-refractivity contribution in [2.75, 3.05) is 0 Å². The molecule has 0 aliphatic carbocycles. The number of nitrogens with zero attached hydrogens (tertiary/aromatic N) is 2. The lowest BCUT2D eigenvalue weighted by Crippen LogP contribution is -2.00. The number of ether oxygens (including phenoxy) is 1. The molecule has 0 saturated carbocycles. The van der Waals surface area contributed by atoms with Gasteiger partial charge in [-0.15, -0.1) is 0 Å². The number of halogens is 1. The highest BCUT2D eigenvalue weighted by molar-refractivity contribution is 9.10. The number of hydrogen-bond donors (Lipinski definition) is 0. The van der Waals surface area contributed by atoms with Crippen molar-refractivity contribution >= 4 is 22.2 Å². The second-order valence-electron chi connectivity index (χ2n) is 3.55. The number of rotatable bonds is 5. The van der Waals surface area contributed by atoms with E-state index in [1.807, 2.05) is 6.92 Å². The molecular formula is C12H11BrN2O3. The van der Waals surface area contributed by atoms with Crippen molar-refractivity contribution in [1.82, 2.24) is 10.1 Å². The van der Waals surface area contributed by atoms with E-state index in [0.29, 0.717) is 29.4 Å². The summed E-state index contributed by atoms with van der Waals surface area (Å²) < 4.78 is 11.3. The van der Waals surface area contributed by atoms with Crippen LogP contribution in [-0.4, -0.2) is 16.4 Å². The molecule has 0 atom stereocenters. The molecule has 0 fully saturated rings. The zero-order valence-corrected chi connectivity index (χ0v) is 11.3. The molecule has 0 radical (unpaired) electrons. The first kappa shape index (κ1) is 12.8. The topological polar surface area (TPSA) is 65.2 Å². The van der Waals surface area contributed by atoms with Crippen LogP contribution >= 0.6 is 15.9 Å². The molecular weight excluding hydrogens is 300 g/mol. The fourth-order valence-electron chi connectivity index (χ4n) is 1.38. The normalized spacial score (nSPS) is 10.3. The molecule has 0 aliphatic heterocycles. The number of carbonyl (C=O) groups excluding carboxylic acids is 1. The fourth-order valence-corrected chi connectivity index (χ4v) is 1.76. The predicted molar refractivity (Wildman–Crippen MR) is 67.5 cm³/mol. The molecule has 2 aromatic rings. The number of aldehydes is 1. The van der Waals surface area contributed by atoms with Crippen LogP contribution in [0.15, 0.2) is 27.2 Å². The molecule has 0 spiro atoms. The van der Waals surface area contributed by atoms with Gasteiger partial charge in [-0.2, -0.15) is 4.98 Å². The van der Waals surface area contributed by atoms with E-state index < -0.39 is 0 Å². The predicted octanol–water partition coefficient (Wildman–Crippen LogP) is 2.79. The fraction of sp³-hybridized carbons (Fsp3) is 0.250. The summed E-state index contributed by atoms with van der Waals surface area (Å²) in [4.78, 5) is 15.0. The van der Waals surface area contributed by atoms with E-state index in [2.05, 4.69) is 26.1 Å². The Morgan fingerprint density at radius 2 is 2.33 bits per heavy atom. The summed E-state index contributed by atoms with van der Waals surface area (Å²) in [6.45, 7) is 2.10. The Hall–Kier alpha value is -1.69. The second kappa shape index (κ2) is 5.77. The van der Waals surface area contributed by atoms with Crippen molar-refractivity contribution < 1.29 is 14.1 Å². The smallest absolute Gasteiger partial charge is 0.226 e. The van der Waals surface area contributed by atoms with Crippen molar-refractivity contribution in [2.24, 2.45) is 0 Å². The molecule has 18 heavy (non-hydrogen) atoms. The van der Waals surface area contributed by atoms with E-state index in [-0.39, 0.29) is 6.61 Å². The van der Waals surface area contributed by atoms with E-state index in [0.717, 1.165) is 10.8 Å². The summed E-state index contributed by atoms with van der Waals surface area (Å²) in [7, 11) is 0. The Balaban J connectivity index is 2.07. The molecule has 94 valence electrons. The Morgan fingerprint density at radius 3 is 3.00 bits per heavy atom. The Morgan fingerprint density at radius 1 is 1.50 bits per heavy atom. The van der Waals surface area contributed by atoms with Crippen molar-refractivity contribution in [3.63, 3.8) is 0 Å². The Kier molecular flexibility index (Phi) is 4.09. The molecule has 1 aromatic carbocycles. The number of aryl methyl sites for hydroxylation is 1. The van der Waals surface area contributed by atoms with Gasteiger partial charge in [-0.1, -0.05) is 28.0 Å². The van der Waals surface area contributed by atoms with E-state index in [1.165, 1.54) is 0 Å². The highest BCUT2D eigenvalue weighted by atomic mass is 79.9. The summed E-state index contributed by atoms with van der Waals surface area (Å²) in [5, 5.41) is 3.77. The summed E-state index contributed by atoms with van der Waals surface area (Å²) in [5.74, 6) is 1.53. The minimum atomic E-state index is 0.173. The first-order valence-electron chi connectivity index (χ1n) is 5.42. The molecule has 2 rings (SSSR count). The molecule has 5 nitrogen and oxygen atoms in total. The molecule has 0 unspecified atom stereocenters. The molecule has 0 N–H and O–H groups in total. The Labute approximate surface area is 112 Å².